The normalized spacial score (nSPS) is 50.2. The van der Waals surface area contributed by atoms with Gasteiger partial charge in [0.05, 0.1) is 12.0 Å². The highest BCUT2D eigenvalue weighted by Gasteiger charge is 2.63. The largest absolute Gasteiger partial charge is 0.462 e. The van der Waals surface area contributed by atoms with E-state index >= 15 is 0 Å². The first-order chi connectivity index (χ1) is 15.4. The third-order valence-corrected chi connectivity index (χ3v) is 12.6. The Morgan fingerprint density at radius 1 is 0.909 bits per heavy atom. The van der Waals surface area contributed by atoms with Crippen molar-refractivity contribution < 1.29 is 14.6 Å². The Labute approximate surface area is 202 Å². The molecule has 0 radical (unpaired) electrons. The van der Waals surface area contributed by atoms with Gasteiger partial charge in [0.25, 0.3) is 0 Å². The van der Waals surface area contributed by atoms with Gasteiger partial charge in [-0.1, -0.05) is 59.6 Å². The quantitative estimate of drug-likeness (QED) is 0.357. The van der Waals surface area contributed by atoms with Crippen LogP contribution in [0.15, 0.2) is 11.1 Å². The molecule has 0 unspecified atom stereocenters. The standard InChI is InChI=1S/C30H48O3/c1-18-8-10-23(33-26(18)32)19(2)20-12-16-30(7)22-9-11-24-27(3,4)25(31)14-15-28(24,5)21(22)13-17-29(20,30)6/h18-20,23-25,31H,8-17H2,1-7H3/t18-,19+,20-,23+,24+,25-,28-,29-,30+/m1/s1. The van der Waals surface area contributed by atoms with Crippen LogP contribution in [0.5, 0.6) is 0 Å². The molecule has 9 atom stereocenters. The van der Waals surface area contributed by atoms with Crippen molar-refractivity contribution in [3.63, 3.8) is 0 Å². The van der Waals surface area contributed by atoms with E-state index in [-0.39, 0.29) is 45.8 Å². The van der Waals surface area contributed by atoms with Gasteiger partial charge >= 0.3 is 5.97 Å². The fourth-order valence-corrected chi connectivity index (χ4v) is 10.0. The molecule has 3 nitrogen and oxygen atoms in total. The predicted molar refractivity (Wildman–Crippen MR) is 132 cm³/mol. The maximum Gasteiger partial charge on any atom is 0.308 e. The summed E-state index contributed by atoms with van der Waals surface area (Å²) in [5.74, 6) is 1.73. The van der Waals surface area contributed by atoms with Crippen LogP contribution in [0.3, 0.4) is 0 Å². The molecular formula is C30H48O3. The second-order valence-corrected chi connectivity index (χ2v) is 14.0. The van der Waals surface area contributed by atoms with E-state index in [0.717, 1.165) is 25.7 Å². The highest BCUT2D eigenvalue weighted by Crippen LogP contribution is 2.72. The van der Waals surface area contributed by atoms with E-state index in [4.69, 9.17) is 4.74 Å². The van der Waals surface area contributed by atoms with Crippen LogP contribution in [0, 0.1) is 45.3 Å². The maximum atomic E-state index is 12.3. The van der Waals surface area contributed by atoms with Crippen molar-refractivity contribution >= 4 is 5.97 Å². The number of cyclic esters (lactones) is 1. The Morgan fingerprint density at radius 3 is 2.33 bits per heavy atom. The Kier molecular flexibility index (Phi) is 5.49. The van der Waals surface area contributed by atoms with Gasteiger partial charge in [-0.3, -0.25) is 4.79 Å². The molecule has 0 aromatic rings. The van der Waals surface area contributed by atoms with Crippen LogP contribution in [0.2, 0.25) is 0 Å². The lowest BCUT2D eigenvalue weighted by Crippen LogP contribution is -2.55. The van der Waals surface area contributed by atoms with Crippen LogP contribution in [-0.4, -0.2) is 23.3 Å². The lowest BCUT2D eigenvalue weighted by atomic mass is 9.43. The smallest absolute Gasteiger partial charge is 0.308 e. The average molecular weight is 457 g/mol. The molecule has 1 N–H and O–H groups in total. The zero-order valence-electron chi connectivity index (χ0n) is 22.3. The molecule has 3 heteroatoms. The molecule has 0 bridgehead atoms. The van der Waals surface area contributed by atoms with Crippen molar-refractivity contribution in [2.24, 2.45) is 45.3 Å². The van der Waals surface area contributed by atoms with Crippen molar-refractivity contribution in [1.82, 2.24) is 0 Å². The summed E-state index contributed by atoms with van der Waals surface area (Å²) in [4.78, 5) is 12.3. The number of carbonyl (C=O) groups is 1. The van der Waals surface area contributed by atoms with E-state index in [1.807, 2.05) is 6.92 Å². The Morgan fingerprint density at radius 2 is 1.64 bits per heavy atom. The van der Waals surface area contributed by atoms with Gasteiger partial charge in [0.1, 0.15) is 6.10 Å². The van der Waals surface area contributed by atoms with E-state index in [0.29, 0.717) is 17.8 Å². The highest BCUT2D eigenvalue weighted by atomic mass is 16.5. The summed E-state index contributed by atoms with van der Waals surface area (Å²) in [6.45, 7) is 16.7. The molecule has 5 rings (SSSR count). The van der Waals surface area contributed by atoms with Crippen LogP contribution >= 0.6 is 0 Å². The summed E-state index contributed by atoms with van der Waals surface area (Å²) in [7, 11) is 0. The first kappa shape index (κ1) is 23.9. The molecule has 5 aliphatic rings. The zero-order chi connectivity index (χ0) is 24.0. The van der Waals surface area contributed by atoms with Crippen molar-refractivity contribution in [3.8, 4) is 0 Å². The number of hydrogen-bond acceptors (Lipinski definition) is 3. The highest BCUT2D eigenvalue weighted by molar-refractivity contribution is 5.72. The minimum Gasteiger partial charge on any atom is -0.462 e. The van der Waals surface area contributed by atoms with Crippen LogP contribution in [0.25, 0.3) is 0 Å². The van der Waals surface area contributed by atoms with E-state index in [1.54, 1.807) is 11.1 Å². The van der Waals surface area contributed by atoms with Gasteiger partial charge in [0.2, 0.25) is 0 Å². The number of ether oxygens (including phenoxy) is 1. The number of allylic oxidation sites excluding steroid dienone is 2. The number of carbonyl (C=O) groups excluding carboxylic acids is 1. The fourth-order valence-electron chi connectivity index (χ4n) is 10.0. The van der Waals surface area contributed by atoms with Crippen molar-refractivity contribution in [2.75, 3.05) is 0 Å². The summed E-state index contributed by atoms with van der Waals surface area (Å²) in [6, 6.07) is 0. The molecule has 0 spiro atoms. The van der Waals surface area contributed by atoms with Gasteiger partial charge in [-0.15, -0.1) is 0 Å². The van der Waals surface area contributed by atoms with Crippen molar-refractivity contribution in [2.45, 2.75) is 125 Å². The minimum absolute atomic E-state index is 0.00189. The second-order valence-electron chi connectivity index (χ2n) is 14.0. The number of rotatable bonds is 2. The third kappa shape index (κ3) is 3.12. The van der Waals surface area contributed by atoms with Crippen molar-refractivity contribution in [1.29, 1.82) is 0 Å². The lowest BCUT2D eigenvalue weighted by Gasteiger charge is -2.62. The first-order valence-electron chi connectivity index (χ1n) is 14.0. The molecule has 1 heterocycles. The lowest BCUT2D eigenvalue weighted by molar-refractivity contribution is -0.165. The molecule has 0 aromatic heterocycles. The number of hydrogen-bond donors (Lipinski definition) is 1. The number of aliphatic hydroxyl groups excluding tert-OH is 1. The SMILES string of the molecule is C[C@H]([C@@H]1CC[C@@H](C)C(=O)O1)[C@H]1CC[C@@]2(C)C3=C(CC[C@]12C)[C@@]1(C)CC[C@@H](O)C(C)(C)[C@@H]1CC3. The van der Waals surface area contributed by atoms with E-state index in [2.05, 4.69) is 41.5 Å². The molecular weight excluding hydrogens is 408 g/mol. The van der Waals surface area contributed by atoms with Gasteiger partial charge in [-0.25, -0.2) is 0 Å². The van der Waals surface area contributed by atoms with E-state index < -0.39 is 0 Å². The maximum absolute atomic E-state index is 12.3. The monoisotopic (exact) mass is 456 g/mol. The second kappa shape index (κ2) is 7.58. The van der Waals surface area contributed by atoms with Crippen LogP contribution < -0.4 is 0 Å². The Bertz CT molecular complexity index is 857. The molecule has 33 heavy (non-hydrogen) atoms. The Balaban J connectivity index is 1.46. The Hall–Kier alpha value is -0.830. The predicted octanol–water partition coefficient (Wildman–Crippen LogP) is 7.07. The summed E-state index contributed by atoms with van der Waals surface area (Å²) < 4.78 is 5.98. The number of fused-ring (bicyclic) bond motifs is 4. The fraction of sp³-hybridized carbons (Fsp3) is 0.900. The topological polar surface area (TPSA) is 46.5 Å². The first-order valence-corrected chi connectivity index (χ1v) is 14.0. The van der Waals surface area contributed by atoms with Crippen LogP contribution in [0.4, 0.5) is 0 Å². The third-order valence-electron chi connectivity index (χ3n) is 12.6. The summed E-state index contributed by atoms with van der Waals surface area (Å²) in [5, 5.41) is 10.8. The van der Waals surface area contributed by atoms with E-state index in [1.165, 1.54) is 38.5 Å². The molecule has 0 amide bonds. The number of aliphatic hydroxyl groups is 1. The zero-order valence-corrected chi connectivity index (χ0v) is 22.3. The molecule has 3 fully saturated rings. The summed E-state index contributed by atoms with van der Waals surface area (Å²) in [6.07, 6.45) is 11.5. The van der Waals surface area contributed by atoms with Gasteiger partial charge in [0, 0.05) is 0 Å². The minimum atomic E-state index is -0.167. The summed E-state index contributed by atoms with van der Waals surface area (Å²) >= 11 is 0. The molecule has 2 saturated carbocycles. The van der Waals surface area contributed by atoms with Crippen LogP contribution in [0.1, 0.15) is 113 Å². The van der Waals surface area contributed by atoms with E-state index in [9.17, 15) is 9.90 Å². The summed E-state index contributed by atoms with van der Waals surface area (Å²) in [5.41, 5.74) is 4.38. The van der Waals surface area contributed by atoms with Gasteiger partial charge in [0.15, 0.2) is 0 Å². The molecule has 0 aromatic carbocycles. The number of esters is 1. The van der Waals surface area contributed by atoms with Crippen molar-refractivity contribution in [3.05, 3.63) is 11.1 Å². The van der Waals surface area contributed by atoms with Crippen LogP contribution in [-0.2, 0) is 9.53 Å². The molecule has 1 saturated heterocycles. The van der Waals surface area contributed by atoms with Gasteiger partial charge < -0.3 is 9.84 Å². The van der Waals surface area contributed by atoms with Gasteiger partial charge in [-0.2, -0.15) is 0 Å². The van der Waals surface area contributed by atoms with Gasteiger partial charge in [-0.05, 0) is 104 Å². The molecule has 4 aliphatic carbocycles. The average Bonchev–Trinajstić information content (AvgIpc) is 3.04. The molecule has 1 aliphatic heterocycles. The molecule has 186 valence electrons.